The highest BCUT2D eigenvalue weighted by atomic mass is 16.5. The SMILES string of the molecule is CCCC1NC(=O)C(CC)N(C(C)(C)COC)C1=O. The van der Waals surface area contributed by atoms with Crippen LogP contribution in [0.4, 0.5) is 0 Å². The molecular formula is C14H26N2O3. The average molecular weight is 270 g/mol. The number of piperazine rings is 1. The molecule has 1 heterocycles. The molecule has 1 aliphatic rings. The Labute approximate surface area is 115 Å². The number of carbonyl (C=O) groups is 2. The molecule has 5 heteroatoms. The third kappa shape index (κ3) is 3.26. The number of hydrogen-bond acceptors (Lipinski definition) is 3. The Balaban J connectivity index is 3.05. The minimum absolute atomic E-state index is 0.00958. The number of hydrogen-bond donors (Lipinski definition) is 1. The summed E-state index contributed by atoms with van der Waals surface area (Å²) >= 11 is 0. The zero-order valence-corrected chi connectivity index (χ0v) is 12.7. The lowest BCUT2D eigenvalue weighted by molar-refractivity contribution is -0.158. The van der Waals surface area contributed by atoms with Crippen molar-refractivity contribution in [2.24, 2.45) is 0 Å². The number of ether oxygens (including phenoxy) is 1. The van der Waals surface area contributed by atoms with Crippen molar-refractivity contribution in [3.8, 4) is 0 Å². The Morgan fingerprint density at radius 3 is 2.42 bits per heavy atom. The molecule has 0 aromatic heterocycles. The molecule has 19 heavy (non-hydrogen) atoms. The number of rotatable bonds is 6. The predicted molar refractivity (Wildman–Crippen MR) is 73.7 cm³/mol. The van der Waals surface area contributed by atoms with E-state index in [9.17, 15) is 9.59 Å². The third-order valence-electron chi connectivity index (χ3n) is 3.58. The molecule has 1 rings (SSSR count). The van der Waals surface area contributed by atoms with Crippen LogP contribution in [0, 0.1) is 0 Å². The number of carbonyl (C=O) groups excluding carboxylic acids is 2. The van der Waals surface area contributed by atoms with Crippen molar-refractivity contribution in [1.29, 1.82) is 0 Å². The van der Waals surface area contributed by atoms with Crippen LogP contribution in [0.3, 0.4) is 0 Å². The van der Waals surface area contributed by atoms with Gasteiger partial charge in [-0.1, -0.05) is 20.3 Å². The molecule has 5 nitrogen and oxygen atoms in total. The Bertz CT molecular complexity index is 342. The normalized spacial score (nSPS) is 24.6. The van der Waals surface area contributed by atoms with E-state index in [2.05, 4.69) is 5.32 Å². The molecule has 0 spiro atoms. The molecule has 1 fully saturated rings. The van der Waals surface area contributed by atoms with Crippen molar-refractivity contribution in [3.05, 3.63) is 0 Å². The van der Waals surface area contributed by atoms with Crippen LogP contribution in [0.5, 0.6) is 0 Å². The van der Waals surface area contributed by atoms with Crippen LogP contribution in [0.15, 0.2) is 0 Å². The highest BCUT2D eigenvalue weighted by molar-refractivity contribution is 5.97. The minimum Gasteiger partial charge on any atom is -0.382 e. The molecule has 0 aromatic rings. The lowest BCUT2D eigenvalue weighted by Crippen LogP contribution is -2.69. The van der Waals surface area contributed by atoms with E-state index in [4.69, 9.17) is 4.74 Å². The van der Waals surface area contributed by atoms with Crippen LogP contribution in [-0.2, 0) is 14.3 Å². The fourth-order valence-corrected chi connectivity index (χ4v) is 2.76. The Morgan fingerprint density at radius 1 is 1.32 bits per heavy atom. The van der Waals surface area contributed by atoms with Gasteiger partial charge in [0.15, 0.2) is 0 Å². The second kappa shape index (κ2) is 6.37. The van der Waals surface area contributed by atoms with E-state index in [1.54, 1.807) is 12.0 Å². The molecule has 0 radical (unpaired) electrons. The van der Waals surface area contributed by atoms with Gasteiger partial charge in [-0.2, -0.15) is 0 Å². The third-order valence-corrected chi connectivity index (χ3v) is 3.58. The Hall–Kier alpha value is -1.10. The first-order valence-corrected chi connectivity index (χ1v) is 7.01. The van der Waals surface area contributed by atoms with Crippen molar-refractivity contribution in [2.75, 3.05) is 13.7 Å². The number of nitrogens with one attached hydrogen (secondary N) is 1. The largest absolute Gasteiger partial charge is 0.382 e. The van der Waals surface area contributed by atoms with Crippen molar-refractivity contribution < 1.29 is 14.3 Å². The van der Waals surface area contributed by atoms with Crippen LogP contribution in [0.25, 0.3) is 0 Å². The highest BCUT2D eigenvalue weighted by Gasteiger charge is 2.45. The van der Waals surface area contributed by atoms with Gasteiger partial charge in [0.2, 0.25) is 11.8 Å². The van der Waals surface area contributed by atoms with Gasteiger partial charge in [0.05, 0.1) is 12.1 Å². The smallest absolute Gasteiger partial charge is 0.246 e. The van der Waals surface area contributed by atoms with Crippen LogP contribution in [0.1, 0.15) is 47.0 Å². The average Bonchev–Trinajstić information content (AvgIpc) is 2.32. The molecule has 0 aromatic carbocycles. The monoisotopic (exact) mass is 270 g/mol. The molecule has 110 valence electrons. The number of methoxy groups -OCH3 is 1. The molecule has 2 amide bonds. The molecule has 1 saturated heterocycles. The maximum absolute atomic E-state index is 12.6. The van der Waals surface area contributed by atoms with Crippen molar-refractivity contribution >= 4 is 11.8 Å². The van der Waals surface area contributed by atoms with Gasteiger partial charge < -0.3 is 15.0 Å². The summed E-state index contributed by atoms with van der Waals surface area (Å²) < 4.78 is 5.21. The van der Waals surface area contributed by atoms with Crippen LogP contribution < -0.4 is 5.32 Å². The standard InChI is InChI=1S/C14H26N2O3/c1-6-8-10-13(18)16(14(3,4)9-19-5)11(7-2)12(17)15-10/h10-11H,6-9H2,1-5H3,(H,15,17). The molecule has 0 saturated carbocycles. The topological polar surface area (TPSA) is 58.6 Å². The van der Waals surface area contributed by atoms with E-state index in [1.807, 2.05) is 27.7 Å². The van der Waals surface area contributed by atoms with Gasteiger partial charge in [0, 0.05) is 7.11 Å². The predicted octanol–water partition coefficient (Wildman–Crippen LogP) is 1.32. The summed E-state index contributed by atoms with van der Waals surface area (Å²) in [6, 6.07) is -0.790. The van der Waals surface area contributed by atoms with E-state index < -0.39 is 17.6 Å². The second-order valence-electron chi connectivity index (χ2n) is 5.73. The zero-order valence-electron chi connectivity index (χ0n) is 12.7. The summed E-state index contributed by atoms with van der Waals surface area (Å²) in [5.74, 6) is -0.0416. The first-order chi connectivity index (χ1) is 8.88. The van der Waals surface area contributed by atoms with Crippen LogP contribution in [-0.4, -0.2) is 48.1 Å². The van der Waals surface area contributed by atoms with Gasteiger partial charge in [0.1, 0.15) is 12.1 Å². The molecular weight excluding hydrogens is 244 g/mol. The van der Waals surface area contributed by atoms with Crippen LogP contribution >= 0.6 is 0 Å². The molecule has 2 unspecified atom stereocenters. The first kappa shape index (κ1) is 16.0. The lowest BCUT2D eigenvalue weighted by atomic mass is 9.93. The van der Waals surface area contributed by atoms with E-state index in [0.29, 0.717) is 19.4 Å². The molecule has 0 bridgehead atoms. The second-order valence-corrected chi connectivity index (χ2v) is 5.73. The molecule has 1 aliphatic heterocycles. The summed E-state index contributed by atoms with van der Waals surface area (Å²) in [6.45, 7) is 8.24. The van der Waals surface area contributed by atoms with Crippen molar-refractivity contribution in [3.63, 3.8) is 0 Å². The van der Waals surface area contributed by atoms with E-state index in [-0.39, 0.29) is 11.8 Å². The van der Waals surface area contributed by atoms with E-state index in [1.165, 1.54) is 0 Å². The van der Waals surface area contributed by atoms with Crippen molar-refractivity contribution in [2.45, 2.75) is 64.6 Å². The zero-order chi connectivity index (χ0) is 14.6. The minimum atomic E-state index is -0.476. The first-order valence-electron chi connectivity index (χ1n) is 7.01. The fourth-order valence-electron chi connectivity index (χ4n) is 2.76. The molecule has 1 N–H and O–H groups in total. The Kier molecular flexibility index (Phi) is 5.35. The van der Waals surface area contributed by atoms with Crippen molar-refractivity contribution in [1.82, 2.24) is 10.2 Å². The quantitative estimate of drug-likeness (QED) is 0.792. The number of nitrogens with zero attached hydrogens (tertiary/aromatic N) is 1. The summed E-state index contributed by atoms with van der Waals surface area (Å²) in [4.78, 5) is 26.5. The molecule has 0 aliphatic carbocycles. The lowest BCUT2D eigenvalue weighted by Gasteiger charge is -2.47. The van der Waals surface area contributed by atoms with Gasteiger partial charge in [0.25, 0.3) is 0 Å². The van der Waals surface area contributed by atoms with E-state index in [0.717, 1.165) is 6.42 Å². The van der Waals surface area contributed by atoms with Gasteiger partial charge >= 0.3 is 0 Å². The number of amides is 2. The van der Waals surface area contributed by atoms with Gasteiger partial charge in [-0.05, 0) is 26.7 Å². The fraction of sp³-hybridized carbons (Fsp3) is 0.857. The summed E-state index contributed by atoms with van der Waals surface area (Å²) in [7, 11) is 1.61. The Morgan fingerprint density at radius 2 is 1.95 bits per heavy atom. The van der Waals surface area contributed by atoms with Gasteiger partial charge in [-0.3, -0.25) is 9.59 Å². The van der Waals surface area contributed by atoms with Gasteiger partial charge in [-0.25, -0.2) is 0 Å². The van der Waals surface area contributed by atoms with Gasteiger partial charge in [-0.15, -0.1) is 0 Å². The summed E-state index contributed by atoms with van der Waals surface area (Å²) in [5.41, 5.74) is -0.476. The summed E-state index contributed by atoms with van der Waals surface area (Å²) in [6.07, 6.45) is 2.16. The maximum Gasteiger partial charge on any atom is 0.246 e. The van der Waals surface area contributed by atoms with Crippen LogP contribution in [0.2, 0.25) is 0 Å². The molecule has 2 atom stereocenters. The highest BCUT2D eigenvalue weighted by Crippen LogP contribution is 2.25. The van der Waals surface area contributed by atoms with E-state index >= 15 is 0 Å². The maximum atomic E-state index is 12.6. The summed E-state index contributed by atoms with van der Waals surface area (Å²) in [5, 5.41) is 2.84.